The van der Waals surface area contributed by atoms with Gasteiger partial charge in [-0.05, 0) is 83.4 Å². The summed E-state index contributed by atoms with van der Waals surface area (Å²) in [7, 11) is 0. The molecule has 15 rings (SSSR count). The predicted molar refractivity (Wildman–Crippen MR) is 289 cm³/mol. The van der Waals surface area contributed by atoms with Crippen LogP contribution in [0, 0.1) is 0 Å². The molecular formula is C63H36N4O2S. The smallest absolute Gasteiger partial charge is 0.166 e. The van der Waals surface area contributed by atoms with Crippen LogP contribution in [-0.2, 0) is 0 Å². The number of aromatic nitrogens is 4. The molecule has 0 amide bonds. The van der Waals surface area contributed by atoms with Crippen molar-refractivity contribution >= 4 is 97.2 Å². The molecule has 0 aliphatic heterocycles. The van der Waals surface area contributed by atoms with Gasteiger partial charge in [0.05, 0.1) is 26.3 Å². The molecule has 0 saturated heterocycles. The molecule has 70 heavy (non-hydrogen) atoms. The molecule has 7 heteroatoms. The number of hydrogen-bond donors (Lipinski definition) is 0. The van der Waals surface area contributed by atoms with Crippen molar-refractivity contribution in [3.63, 3.8) is 0 Å². The van der Waals surface area contributed by atoms with E-state index in [9.17, 15) is 2.74 Å². The SMILES string of the molecule is [2H]c1cc([2H])c2c(c1[2H])c1c([2H])c([2H])c([2H])c([2H])c1n2-c1ccccc1-c1nc(-c2cccc(-c3cccc4c3sc3ccc(-c5cccc6c5oc5ccccc56)cc34)c2)nc(-c2ccc3c(c2)oc2ccccc23)n1. The summed E-state index contributed by atoms with van der Waals surface area (Å²) in [4.78, 5) is 15.6. The third-order valence-electron chi connectivity index (χ3n) is 13.4. The van der Waals surface area contributed by atoms with Crippen molar-refractivity contribution in [1.82, 2.24) is 19.5 Å². The molecule has 0 aliphatic rings. The van der Waals surface area contributed by atoms with Gasteiger partial charge in [0, 0.05) is 74.7 Å². The third-order valence-corrected chi connectivity index (χ3v) is 14.6. The van der Waals surface area contributed by atoms with Crippen LogP contribution in [0.4, 0.5) is 0 Å². The molecule has 5 heterocycles. The van der Waals surface area contributed by atoms with Gasteiger partial charge in [0.1, 0.15) is 22.3 Å². The summed E-state index contributed by atoms with van der Waals surface area (Å²) in [5.41, 5.74) is 9.74. The minimum Gasteiger partial charge on any atom is -0.456 e. The highest BCUT2D eigenvalue weighted by Crippen LogP contribution is 2.44. The van der Waals surface area contributed by atoms with Gasteiger partial charge in [0.15, 0.2) is 17.5 Å². The number of benzene rings is 10. The maximum atomic E-state index is 9.25. The third kappa shape index (κ3) is 5.95. The molecular weight excluding hydrogens is 877 g/mol. The van der Waals surface area contributed by atoms with Gasteiger partial charge in [0.25, 0.3) is 0 Å². The summed E-state index contributed by atoms with van der Waals surface area (Å²) in [6, 6.07) is 55.7. The van der Waals surface area contributed by atoms with Crippen molar-refractivity contribution in [2.24, 2.45) is 0 Å². The van der Waals surface area contributed by atoms with Crippen molar-refractivity contribution in [3.8, 4) is 62.1 Å². The standard InChI is InChI=1S/C63H36N4O2S/c1-6-25-52-43(16-1)44-17-2-7-26-53(44)67(52)54-27-8-3-20-50(54)63-65-61(64-62(66-63)40-30-32-47-45-18-4-9-28-55(45)68-57(47)36-40)39-15-11-14-37(34-39)42-22-13-24-49-51-35-38(31-33-58(51)70-60(42)49)41-21-12-23-48-46-19-5-10-29-56(46)69-59(41)48/h1-36H/i1D,2D,6D,16D,17D,25D,26D. The number of nitrogens with zero attached hydrogens (tertiary/aromatic N) is 4. The highest BCUT2D eigenvalue weighted by Gasteiger charge is 2.21. The summed E-state index contributed by atoms with van der Waals surface area (Å²) in [5, 5.41) is 6.52. The highest BCUT2D eigenvalue weighted by atomic mass is 32.1. The van der Waals surface area contributed by atoms with Crippen LogP contribution in [0.1, 0.15) is 9.60 Å². The normalized spacial score (nSPS) is 13.4. The maximum Gasteiger partial charge on any atom is 0.166 e. The van der Waals surface area contributed by atoms with Crippen LogP contribution in [0.3, 0.4) is 0 Å². The van der Waals surface area contributed by atoms with E-state index >= 15 is 0 Å². The first-order valence-corrected chi connectivity index (χ1v) is 23.6. The van der Waals surface area contributed by atoms with E-state index in [0.29, 0.717) is 34.0 Å². The molecule has 0 fully saturated rings. The van der Waals surface area contributed by atoms with Crippen molar-refractivity contribution < 1.29 is 18.4 Å². The molecule has 10 aromatic carbocycles. The molecule has 326 valence electrons. The van der Waals surface area contributed by atoms with Crippen LogP contribution >= 0.6 is 11.3 Å². The Morgan fingerprint density at radius 1 is 0.386 bits per heavy atom. The summed E-state index contributed by atoms with van der Waals surface area (Å²) in [6.45, 7) is 0. The molecule has 0 spiro atoms. The van der Waals surface area contributed by atoms with Crippen LogP contribution in [0.15, 0.2) is 227 Å². The Balaban J connectivity index is 0.917. The van der Waals surface area contributed by atoms with Gasteiger partial charge in [-0.25, -0.2) is 15.0 Å². The molecule has 0 radical (unpaired) electrons. The largest absolute Gasteiger partial charge is 0.456 e. The second-order valence-electron chi connectivity index (χ2n) is 17.3. The Kier molecular flexibility index (Phi) is 7.05. The Morgan fingerprint density at radius 2 is 1.00 bits per heavy atom. The lowest BCUT2D eigenvalue weighted by atomic mass is 9.98. The number of rotatable bonds is 6. The fraction of sp³-hybridized carbons (Fsp3) is 0. The van der Waals surface area contributed by atoms with Crippen molar-refractivity contribution in [3.05, 3.63) is 218 Å². The van der Waals surface area contributed by atoms with Gasteiger partial charge in [-0.15, -0.1) is 11.3 Å². The average Bonchev–Trinajstić information content (AvgIpc) is 4.38. The molecule has 5 aromatic heterocycles. The molecule has 0 bridgehead atoms. The predicted octanol–water partition coefficient (Wildman–Crippen LogP) is 17.5. The molecule has 0 saturated carbocycles. The first kappa shape index (κ1) is 32.5. The van der Waals surface area contributed by atoms with Gasteiger partial charge >= 0.3 is 0 Å². The Hall–Kier alpha value is -9.17. The fourth-order valence-corrected chi connectivity index (χ4v) is 11.4. The second-order valence-corrected chi connectivity index (χ2v) is 18.4. The van der Waals surface area contributed by atoms with Crippen molar-refractivity contribution in [2.45, 2.75) is 0 Å². The van der Waals surface area contributed by atoms with E-state index in [4.69, 9.17) is 30.6 Å². The zero-order valence-electron chi connectivity index (χ0n) is 43.8. The summed E-state index contributed by atoms with van der Waals surface area (Å²) >= 11 is 1.75. The fourth-order valence-electron chi connectivity index (χ4n) is 10.2. The van der Waals surface area contributed by atoms with Crippen LogP contribution in [0.2, 0.25) is 0 Å². The molecule has 6 nitrogen and oxygen atoms in total. The summed E-state index contributed by atoms with van der Waals surface area (Å²) in [6.07, 6.45) is 0. The van der Waals surface area contributed by atoms with E-state index in [-0.39, 0.29) is 57.8 Å². The number of furan rings is 2. The highest BCUT2D eigenvalue weighted by molar-refractivity contribution is 7.26. The zero-order chi connectivity index (χ0) is 52.0. The van der Waals surface area contributed by atoms with Crippen molar-refractivity contribution in [2.75, 3.05) is 0 Å². The maximum absolute atomic E-state index is 9.25. The van der Waals surface area contributed by atoms with E-state index in [1.807, 2.05) is 84.9 Å². The molecule has 0 aliphatic carbocycles. The van der Waals surface area contributed by atoms with Gasteiger partial charge < -0.3 is 13.4 Å². The monoisotopic (exact) mass is 919 g/mol. The molecule has 0 unspecified atom stereocenters. The van der Waals surface area contributed by atoms with Crippen LogP contribution in [0.5, 0.6) is 0 Å². The van der Waals surface area contributed by atoms with E-state index in [1.165, 1.54) is 6.07 Å². The quantitative estimate of drug-likeness (QED) is 0.166. The van der Waals surface area contributed by atoms with Crippen LogP contribution in [0.25, 0.3) is 148 Å². The number of thiophene rings is 1. The summed E-state index contributed by atoms with van der Waals surface area (Å²) in [5.74, 6) is 0.977. The molecule has 0 atom stereocenters. The number of para-hydroxylation sites is 6. The van der Waals surface area contributed by atoms with Gasteiger partial charge in [-0.3, -0.25) is 0 Å². The first-order valence-electron chi connectivity index (χ1n) is 26.3. The Labute approximate surface area is 413 Å². The zero-order valence-corrected chi connectivity index (χ0v) is 37.6. The molecule has 15 aromatic rings. The van der Waals surface area contributed by atoms with Crippen LogP contribution < -0.4 is 0 Å². The minimum absolute atomic E-state index is 0.0516. The lowest BCUT2D eigenvalue weighted by Crippen LogP contribution is -2.03. The van der Waals surface area contributed by atoms with E-state index in [2.05, 4.69) is 72.8 Å². The van der Waals surface area contributed by atoms with E-state index in [0.717, 1.165) is 86.3 Å². The van der Waals surface area contributed by atoms with E-state index in [1.54, 1.807) is 28.0 Å². The van der Waals surface area contributed by atoms with Crippen molar-refractivity contribution in [1.29, 1.82) is 0 Å². The lowest BCUT2D eigenvalue weighted by molar-refractivity contribution is 0.669. The Bertz CT molecular complexity index is 5060. The average molecular weight is 920 g/mol. The Morgan fingerprint density at radius 3 is 1.89 bits per heavy atom. The van der Waals surface area contributed by atoms with Crippen LogP contribution in [-0.4, -0.2) is 19.5 Å². The summed E-state index contributed by atoms with van der Waals surface area (Å²) < 4.78 is 79.2. The number of fused-ring (bicyclic) bond motifs is 12. The minimum atomic E-state index is -0.475. The lowest BCUT2D eigenvalue weighted by Gasteiger charge is -2.15. The van der Waals surface area contributed by atoms with Gasteiger partial charge in [0.2, 0.25) is 0 Å². The topological polar surface area (TPSA) is 69.9 Å². The van der Waals surface area contributed by atoms with Gasteiger partial charge in [-0.2, -0.15) is 0 Å². The second kappa shape index (κ2) is 15.2. The van der Waals surface area contributed by atoms with E-state index < -0.39 is 12.1 Å². The number of hydrogen-bond acceptors (Lipinski definition) is 6. The van der Waals surface area contributed by atoms with Gasteiger partial charge in [-0.1, -0.05) is 152 Å². The molecule has 0 N–H and O–H groups in total. The first-order chi connectivity index (χ1) is 37.6.